The van der Waals surface area contributed by atoms with Gasteiger partial charge in [-0.2, -0.15) is 4.98 Å². The van der Waals surface area contributed by atoms with Crippen molar-refractivity contribution < 1.29 is 4.52 Å². The van der Waals surface area contributed by atoms with Gasteiger partial charge in [0.05, 0.1) is 5.92 Å². The molecule has 2 aliphatic rings. The van der Waals surface area contributed by atoms with Crippen molar-refractivity contribution in [3.05, 3.63) is 11.7 Å². The van der Waals surface area contributed by atoms with E-state index in [-0.39, 0.29) is 0 Å². The topological polar surface area (TPSA) is 51.0 Å². The molecule has 1 aromatic rings. The van der Waals surface area contributed by atoms with E-state index in [2.05, 4.69) is 22.4 Å². The standard InChI is InChI=1S/C15H25N3O/c1-2-10-16-13-7-5-3-4-6-12(13)15-17-14(18-19-15)11-8-9-11/h11-13,16H,2-10H2,1H3. The number of nitrogens with one attached hydrogen (secondary N) is 1. The third-order valence-corrected chi connectivity index (χ3v) is 4.39. The van der Waals surface area contributed by atoms with Crippen LogP contribution in [0.2, 0.25) is 0 Å². The fourth-order valence-corrected chi connectivity index (χ4v) is 3.08. The molecule has 1 N–H and O–H groups in total. The van der Waals surface area contributed by atoms with E-state index in [1.165, 1.54) is 51.4 Å². The van der Waals surface area contributed by atoms with E-state index >= 15 is 0 Å². The van der Waals surface area contributed by atoms with Crippen LogP contribution in [0.15, 0.2) is 4.52 Å². The fraction of sp³-hybridized carbons (Fsp3) is 0.867. The molecule has 2 atom stereocenters. The molecule has 1 aromatic heterocycles. The van der Waals surface area contributed by atoms with Gasteiger partial charge in [0.15, 0.2) is 5.82 Å². The Balaban J connectivity index is 1.72. The zero-order valence-electron chi connectivity index (χ0n) is 11.9. The third kappa shape index (κ3) is 3.16. The normalized spacial score (nSPS) is 28.3. The minimum absolute atomic E-state index is 0.425. The van der Waals surface area contributed by atoms with Crippen LogP contribution in [0, 0.1) is 0 Å². The van der Waals surface area contributed by atoms with Gasteiger partial charge in [0.25, 0.3) is 0 Å². The average molecular weight is 263 g/mol. The van der Waals surface area contributed by atoms with E-state index in [9.17, 15) is 0 Å². The number of aromatic nitrogens is 2. The molecule has 2 saturated carbocycles. The highest BCUT2D eigenvalue weighted by Gasteiger charge is 2.33. The minimum atomic E-state index is 0.425. The van der Waals surface area contributed by atoms with Crippen molar-refractivity contribution in [1.82, 2.24) is 15.5 Å². The van der Waals surface area contributed by atoms with E-state index in [0.717, 1.165) is 18.3 Å². The first-order valence-corrected chi connectivity index (χ1v) is 7.95. The molecule has 2 fully saturated rings. The largest absolute Gasteiger partial charge is 0.339 e. The highest BCUT2D eigenvalue weighted by Crippen LogP contribution is 2.39. The molecule has 4 nitrogen and oxygen atoms in total. The Morgan fingerprint density at radius 2 is 2.00 bits per heavy atom. The summed E-state index contributed by atoms with van der Waals surface area (Å²) < 4.78 is 5.57. The molecule has 0 radical (unpaired) electrons. The van der Waals surface area contributed by atoms with Crippen LogP contribution in [-0.2, 0) is 0 Å². The van der Waals surface area contributed by atoms with Crippen LogP contribution in [0.25, 0.3) is 0 Å². The summed E-state index contributed by atoms with van der Waals surface area (Å²) in [6, 6.07) is 0.523. The Bertz CT molecular complexity index is 400. The molecule has 0 aromatic carbocycles. The van der Waals surface area contributed by atoms with E-state index in [1.807, 2.05) is 0 Å². The highest BCUT2D eigenvalue weighted by molar-refractivity contribution is 5.07. The lowest BCUT2D eigenvalue weighted by molar-refractivity contribution is 0.302. The minimum Gasteiger partial charge on any atom is -0.339 e. The quantitative estimate of drug-likeness (QED) is 0.828. The Labute approximate surface area is 115 Å². The third-order valence-electron chi connectivity index (χ3n) is 4.39. The summed E-state index contributed by atoms with van der Waals surface area (Å²) in [4.78, 5) is 4.68. The van der Waals surface area contributed by atoms with Crippen molar-refractivity contribution in [3.8, 4) is 0 Å². The second-order valence-electron chi connectivity index (χ2n) is 6.07. The van der Waals surface area contributed by atoms with Gasteiger partial charge < -0.3 is 9.84 Å². The fourth-order valence-electron chi connectivity index (χ4n) is 3.08. The summed E-state index contributed by atoms with van der Waals surface area (Å²) in [5, 5.41) is 7.87. The summed E-state index contributed by atoms with van der Waals surface area (Å²) in [5.74, 6) is 2.85. The molecular weight excluding hydrogens is 238 g/mol. The monoisotopic (exact) mass is 263 g/mol. The molecule has 2 unspecified atom stereocenters. The van der Waals surface area contributed by atoms with Gasteiger partial charge in [-0.3, -0.25) is 0 Å². The molecule has 4 heteroatoms. The molecule has 106 valence electrons. The summed E-state index contributed by atoms with van der Waals surface area (Å²) in [5.41, 5.74) is 0. The lowest BCUT2D eigenvalue weighted by atomic mass is 9.94. The van der Waals surface area contributed by atoms with Crippen LogP contribution in [0.1, 0.15) is 81.8 Å². The Morgan fingerprint density at radius 1 is 1.16 bits per heavy atom. The molecule has 19 heavy (non-hydrogen) atoms. The van der Waals surface area contributed by atoms with Gasteiger partial charge in [-0.1, -0.05) is 31.3 Å². The predicted molar refractivity (Wildman–Crippen MR) is 74.2 cm³/mol. The van der Waals surface area contributed by atoms with Gasteiger partial charge in [-0.15, -0.1) is 0 Å². The first-order valence-electron chi connectivity index (χ1n) is 7.95. The first-order chi connectivity index (χ1) is 9.38. The van der Waals surface area contributed by atoms with Crippen molar-refractivity contribution in [3.63, 3.8) is 0 Å². The smallest absolute Gasteiger partial charge is 0.231 e. The van der Waals surface area contributed by atoms with E-state index in [4.69, 9.17) is 4.52 Å². The van der Waals surface area contributed by atoms with Crippen LogP contribution in [0.3, 0.4) is 0 Å². The Kier molecular flexibility index (Phi) is 4.16. The number of hydrogen-bond donors (Lipinski definition) is 1. The van der Waals surface area contributed by atoms with E-state index in [1.54, 1.807) is 0 Å². The Hall–Kier alpha value is -0.900. The molecule has 0 spiro atoms. The van der Waals surface area contributed by atoms with Gasteiger partial charge in [0, 0.05) is 12.0 Å². The predicted octanol–water partition coefficient (Wildman–Crippen LogP) is 3.36. The zero-order valence-corrected chi connectivity index (χ0v) is 11.9. The first kappa shape index (κ1) is 13.1. The average Bonchev–Trinajstić information content (AvgIpc) is 3.21. The van der Waals surface area contributed by atoms with Crippen LogP contribution < -0.4 is 5.32 Å². The lowest BCUT2D eigenvalue weighted by Gasteiger charge is -2.23. The van der Waals surface area contributed by atoms with Crippen molar-refractivity contribution in [2.45, 2.75) is 76.2 Å². The molecule has 0 amide bonds. The van der Waals surface area contributed by atoms with Gasteiger partial charge in [0.2, 0.25) is 5.89 Å². The molecule has 3 rings (SSSR count). The zero-order chi connectivity index (χ0) is 13.1. The van der Waals surface area contributed by atoms with E-state index in [0.29, 0.717) is 17.9 Å². The summed E-state index contributed by atoms with van der Waals surface area (Å²) in [7, 11) is 0. The summed E-state index contributed by atoms with van der Waals surface area (Å²) >= 11 is 0. The van der Waals surface area contributed by atoms with Gasteiger partial charge in [-0.25, -0.2) is 0 Å². The van der Waals surface area contributed by atoms with Crippen molar-refractivity contribution in [2.75, 3.05) is 6.54 Å². The second kappa shape index (κ2) is 6.04. The molecule has 0 aliphatic heterocycles. The van der Waals surface area contributed by atoms with Gasteiger partial charge in [-0.05, 0) is 38.6 Å². The molecule has 0 bridgehead atoms. The van der Waals surface area contributed by atoms with Crippen LogP contribution in [-0.4, -0.2) is 22.7 Å². The van der Waals surface area contributed by atoms with Crippen LogP contribution in [0.5, 0.6) is 0 Å². The van der Waals surface area contributed by atoms with Crippen molar-refractivity contribution in [2.24, 2.45) is 0 Å². The van der Waals surface area contributed by atoms with Gasteiger partial charge >= 0.3 is 0 Å². The Morgan fingerprint density at radius 3 is 2.79 bits per heavy atom. The number of nitrogens with zero attached hydrogens (tertiary/aromatic N) is 2. The maximum Gasteiger partial charge on any atom is 0.231 e. The van der Waals surface area contributed by atoms with Crippen LogP contribution in [0.4, 0.5) is 0 Å². The SMILES string of the molecule is CCCNC1CCCCCC1c1nc(C2CC2)no1. The molecular formula is C15H25N3O. The summed E-state index contributed by atoms with van der Waals surface area (Å²) in [6.45, 7) is 3.31. The maximum absolute atomic E-state index is 5.57. The van der Waals surface area contributed by atoms with Crippen molar-refractivity contribution in [1.29, 1.82) is 0 Å². The number of hydrogen-bond acceptors (Lipinski definition) is 4. The number of rotatable bonds is 5. The summed E-state index contributed by atoms with van der Waals surface area (Å²) in [6.07, 6.45) is 10.0. The van der Waals surface area contributed by atoms with E-state index < -0.39 is 0 Å². The van der Waals surface area contributed by atoms with Crippen LogP contribution >= 0.6 is 0 Å². The highest BCUT2D eigenvalue weighted by atomic mass is 16.5. The maximum atomic E-state index is 5.57. The molecule has 2 aliphatic carbocycles. The lowest BCUT2D eigenvalue weighted by Crippen LogP contribution is -2.35. The molecule has 1 heterocycles. The molecule has 0 saturated heterocycles. The van der Waals surface area contributed by atoms with Crippen molar-refractivity contribution >= 4 is 0 Å². The van der Waals surface area contributed by atoms with Gasteiger partial charge in [0.1, 0.15) is 0 Å². The second-order valence-corrected chi connectivity index (χ2v) is 6.07.